The number of rotatable bonds is 3. The van der Waals surface area contributed by atoms with Crippen LogP contribution in [0, 0.1) is 11.8 Å². The molecule has 17 heavy (non-hydrogen) atoms. The summed E-state index contributed by atoms with van der Waals surface area (Å²) >= 11 is 0. The molecule has 1 aromatic heterocycles. The molecule has 0 aliphatic rings. The number of hydrogen-bond donors (Lipinski definition) is 0. The van der Waals surface area contributed by atoms with E-state index in [0.717, 1.165) is 6.42 Å². The van der Waals surface area contributed by atoms with Gasteiger partial charge in [-0.15, -0.1) is 0 Å². The average molecular weight is 247 g/mol. The van der Waals surface area contributed by atoms with Gasteiger partial charge >= 0.3 is 0 Å². The maximum Gasteiger partial charge on any atom is 0.185 e. The summed E-state index contributed by atoms with van der Waals surface area (Å²) in [4.78, 5) is 3.98. The molecule has 1 heterocycles. The van der Waals surface area contributed by atoms with E-state index in [1.54, 1.807) is 12.4 Å². The Hall–Kier alpha value is -1.11. The van der Waals surface area contributed by atoms with Crippen LogP contribution >= 0.6 is 0 Å². The fourth-order valence-corrected chi connectivity index (χ4v) is 3.23. The molecule has 92 valence electrons. The quantitative estimate of drug-likeness (QED) is 0.604. The highest BCUT2D eigenvalue weighted by Crippen LogP contribution is 2.16. The van der Waals surface area contributed by atoms with Crippen molar-refractivity contribution in [1.29, 1.82) is 0 Å². The minimum absolute atomic E-state index is 0.350. The highest BCUT2D eigenvalue weighted by Gasteiger charge is 2.25. The van der Waals surface area contributed by atoms with Crippen LogP contribution in [-0.4, -0.2) is 18.9 Å². The van der Waals surface area contributed by atoms with E-state index in [2.05, 4.69) is 36.5 Å². The second-order valence-corrected chi connectivity index (χ2v) is 9.99. The number of aromatic nitrogens is 1. The number of hydrogen-bond acceptors (Lipinski definition) is 2. The van der Waals surface area contributed by atoms with Gasteiger partial charge < -0.3 is 4.43 Å². The summed E-state index contributed by atoms with van der Waals surface area (Å²) in [5, 5.41) is 0. The van der Waals surface area contributed by atoms with Crippen molar-refractivity contribution >= 4 is 8.32 Å². The van der Waals surface area contributed by atoms with E-state index in [4.69, 9.17) is 4.43 Å². The lowest BCUT2D eigenvalue weighted by Crippen LogP contribution is -2.37. The zero-order valence-electron chi connectivity index (χ0n) is 11.4. The van der Waals surface area contributed by atoms with Crippen molar-refractivity contribution in [2.75, 3.05) is 0 Å². The Labute approximate surface area is 106 Å². The third-order valence-electron chi connectivity index (χ3n) is 1.99. The Morgan fingerprint density at radius 3 is 2.35 bits per heavy atom. The smallest absolute Gasteiger partial charge is 0.185 e. The first-order chi connectivity index (χ1) is 7.79. The summed E-state index contributed by atoms with van der Waals surface area (Å²) in [6.07, 6.45) is 4.34. The molecule has 0 aliphatic heterocycles. The second kappa shape index (κ2) is 5.48. The fourth-order valence-electron chi connectivity index (χ4n) is 1.65. The van der Waals surface area contributed by atoms with Crippen LogP contribution in [0.4, 0.5) is 0 Å². The molecule has 0 saturated carbocycles. The van der Waals surface area contributed by atoms with Gasteiger partial charge in [-0.3, -0.25) is 4.98 Å². The first-order valence-electron chi connectivity index (χ1n) is 5.88. The summed E-state index contributed by atoms with van der Waals surface area (Å²) in [5.74, 6) is 6.39. The van der Waals surface area contributed by atoms with Crippen LogP contribution in [0.2, 0.25) is 19.6 Å². The van der Waals surface area contributed by atoms with E-state index in [9.17, 15) is 0 Å². The lowest BCUT2D eigenvalue weighted by Gasteiger charge is -2.28. The van der Waals surface area contributed by atoms with E-state index >= 15 is 0 Å². The summed E-state index contributed by atoms with van der Waals surface area (Å²) in [7, 11) is -1.53. The molecule has 0 fully saturated rings. The van der Waals surface area contributed by atoms with Gasteiger partial charge in [-0.25, -0.2) is 0 Å². The molecule has 0 aromatic carbocycles. The van der Waals surface area contributed by atoms with Crippen molar-refractivity contribution in [3.8, 4) is 11.8 Å². The minimum atomic E-state index is -1.53. The first kappa shape index (κ1) is 13.9. The van der Waals surface area contributed by atoms with Crippen molar-refractivity contribution in [3.63, 3.8) is 0 Å². The van der Waals surface area contributed by atoms with Crippen LogP contribution in [0.1, 0.15) is 19.4 Å². The summed E-state index contributed by atoms with van der Waals surface area (Å²) in [5.41, 5.74) is 0.841. The van der Waals surface area contributed by atoms with Gasteiger partial charge in [0.1, 0.15) is 5.60 Å². The zero-order valence-corrected chi connectivity index (χ0v) is 12.4. The predicted molar refractivity (Wildman–Crippen MR) is 74.2 cm³/mol. The van der Waals surface area contributed by atoms with Gasteiger partial charge in [0.05, 0.1) is 0 Å². The highest BCUT2D eigenvalue weighted by molar-refractivity contribution is 6.69. The molecule has 0 saturated heterocycles. The van der Waals surface area contributed by atoms with Crippen molar-refractivity contribution in [2.45, 2.75) is 45.5 Å². The van der Waals surface area contributed by atoms with E-state index in [-0.39, 0.29) is 5.60 Å². The van der Waals surface area contributed by atoms with Crippen LogP contribution in [-0.2, 0) is 10.8 Å². The summed E-state index contributed by atoms with van der Waals surface area (Å²) < 4.78 is 6.02. The standard InChI is InChI=1S/C14H21NOSi/c1-14(2,16-17(3,4)5)10-6-7-13-8-11-15-12-9-13/h8-9,11-12H,7H2,1-5H3. The van der Waals surface area contributed by atoms with Gasteiger partial charge in [-0.05, 0) is 51.2 Å². The Morgan fingerprint density at radius 1 is 1.24 bits per heavy atom. The second-order valence-electron chi connectivity index (χ2n) is 5.56. The van der Waals surface area contributed by atoms with Crippen LogP contribution in [0.3, 0.4) is 0 Å². The lowest BCUT2D eigenvalue weighted by molar-refractivity contribution is 0.164. The van der Waals surface area contributed by atoms with Gasteiger partial charge in [0.2, 0.25) is 0 Å². The Bertz CT molecular complexity index is 409. The fraction of sp³-hybridized carbons (Fsp3) is 0.500. The normalized spacial score (nSPS) is 11.8. The molecule has 0 radical (unpaired) electrons. The highest BCUT2D eigenvalue weighted by atomic mass is 28.4. The van der Waals surface area contributed by atoms with Crippen molar-refractivity contribution in [1.82, 2.24) is 4.98 Å². The molecule has 0 N–H and O–H groups in total. The van der Waals surface area contributed by atoms with Gasteiger partial charge in [-0.2, -0.15) is 0 Å². The van der Waals surface area contributed by atoms with E-state index in [0.29, 0.717) is 0 Å². The van der Waals surface area contributed by atoms with E-state index in [1.165, 1.54) is 5.56 Å². The van der Waals surface area contributed by atoms with Crippen molar-refractivity contribution < 1.29 is 4.43 Å². The van der Waals surface area contributed by atoms with E-state index in [1.807, 2.05) is 26.0 Å². The molecular weight excluding hydrogens is 226 g/mol. The summed E-state index contributed by atoms with van der Waals surface area (Å²) in [6.45, 7) is 10.6. The molecule has 0 atom stereocenters. The molecule has 0 spiro atoms. The number of nitrogens with zero attached hydrogens (tertiary/aromatic N) is 1. The van der Waals surface area contributed by atoms with Crippen LogP contribution in [0.15, 0.2) is 24.5 Å². The molecule has 0 bridgehead atoms. The maximum atomic E-state index is 6.02. The molecule has 3 heteroatoms. The van der Waals surface area contributed by atoms with Gasteiger partial charge in [-0.1, -0.05) is 11.8 Å². The molecule has 1 aromatic rings. The first-order valence-corrected chi connectivity index (χ1v) is 9.28. The molecule has 1 rings (SSSR count). The van der Waals surface area contributed by atoms with Gasteiger partial charge in [0.25, 0.3) is 0 Å². The molecule has 0 aliphatic carbocycles. The van der Waals surface area contributed by atoms with E-state index < -0.39 is 8.32 Å². The Kier molecular flexibility index (Phi) is 4.50. The average Bonchev–Trinajstić information content (AvgIpc) is 2.15. The van der Waals surface area contributed by atoms with Gasteiger partial charge in [0, 0.05) is 18.8 Å². The largest absolute Gasteiger partial charge is 0.402 e. The van der Waals surface area contributed by atoms with Crippen LogP contribution in [0.5, 0.6) is 0 Å². The molecule has 0 amide bonds. The van der Waals surface area contributed by atoms with Gasteiger partial charge in [0.15, 0.2) is 8.32 Å². The number of pyridine rings is 1. The topological polar surface area (TPSA) is 22.1 Å². The van der Waals surface area contributed by atoms with Crippen molar-refractivity contribution in [2.24, 2.45) is 0 Å². The minimum Gasteiger partial charge on any atom is -0.402 e. The van der Waals surface area contributed by atoms with Crippen LogP contribution in [0.25, 0.3) is 0 Å². The Morgan fingerprint density at radius 2 is 1.82 bits per heavy atom. The molecule has 2 nitrogen and oxygen atoms in total. The maximum absolute atomic E-state index is 6.02. The summed E-state index contributed by atoms with van der Waals surface area (Å²) in [6, 6.07) is 3.97. The lowest BCUT2D eigenvalue weighted by atomic mass is 10.1. The molecule has 0 unspecified atom stereocenters. The zero-order chi connectivity index (χ0) is 12.9. The van der Waals surface area contributed by atoms with Crippen molar-refractivity contribution in [3.05, 3.63) is 30.1 Å². The third kappa shape index (κ3) is 6.25. The Balaban J connectivity index is 2.60. The third-order valence-corrected chi connectivity index (χ3v) is 3.12. The monoisotopic (exact) mass is 247 g/mol. The predicted octanol–water partition coefficient (Wildman–Crippen LogP) is 3.26. The molecular formula is C14H21NOSi. The van der Waals surface area contributed by atoms with Crippen LogP contribution < -0.4 is 0 Å². The SMILES string of the molecule is CC(C)(C#CCc1ccncc1)O[Si](C)(C)C.